The Bertz CT molecular complexity index is 449. The predicted molar refractivity (Wildman–Crippen MR) is 75.5 cm³/mol. The maximum atomic E-state index is 11.8. The van der Waals surface area contributed by atoms with Crippen LogP contribution in [0.5, 0.6) is 0 Å². The number of nitrogens with one attached hydrogen (secondary N) is 2. The van der Waals surface area contributed by atoms with Crippen LogP contribution in [0.4, 0.5) is 5.82 Å². The molecule has 1 saturated heterocycles. The predicted octanol–water partition coefficient (Wildman–Crippen LogP) is 2.50. The molecule has 2 N–H and O–H groups in total. The Balaban J connectivity index is 1.82. The normalized spacial score (nSPS) is 16.3. The van der Waals surface area contributed by atoms with Crippen LogP contribution in [0.15, 0.2) is 6.33 Å². The molecule has 104 valence electrons. The molecule has 1 amide bonds. The smallest absolute Gasteiger partial charge is 0.225 e. The molecule has 0 aliphatic carbocycles. The summed E-state index contributed by atoms with van der Waals surface area (Å²) >= 11 is 11.7. The molecule has 1 aromatic rings. The third-order valence-corrected chi connectivity index (χ3v) is 3.98. The molecule has 1 aliphatic rings. The van der Waals surface area contributed by atoms with Gasteiger partial charge in [-0.15, -0.1) is 0 Å². The molecule has 0 aromatic carbocycles. The third-order valence-electron chi connectivity index (χ3n) is 3.24. The number of hydrogen-bond donors (Lipinski definition) is 2. The standard InChI is InChI=1S/C12H16Cl2N4O/c13-10-11(14)16-7-17-12(10)18-9(19)2-1-8-3-5-15-6-4-8/h7-8,15H,1-6H2,(H,16,17,18,19). The van der Waals surface area contributed by atoms with Crippen molar-refractivity contribution < 1.29 is 4.79 Å². The van der Waals surface area contributed by atoms with Gasteiger partial charge in [-0.25, -0.2) is 9.97 Å². The van der Waals surface area contributed by atoms with E-state index in [1.165, 1.54) is 6.33 Å². The summed E-state index contributed by atoms with van der Waals surface area (Å²) in [5.74, 6) is 0.809. The SMILES string of the molecule is O=C(CCC1CCNCC1)Nc1ncnc(Cl)c1Cl. The third kappa shape index (κ3) is 4.30. The van der Waals surface area contributed by atoms with Crippen molar-refractivity contribution >= 4 is 34.9 Å². The highest BCUT2D eigenvalue weighted by atomic mass is 35.5. The Morgan fingerprint density at radius 1 is 1.37 bits per heavy atom. The van der Waals surface area contributed by atoms with Crippen molar-refractivity contribution in [3.8, 4) is 0 Å². The van der Waals surface area contributed by atoms with Gasteiger partial charge in [0.2, 0.25) is 5.91 Å². The minimum Gasteiger partial charge on any atom is -0.317 e. The maximum Gasteiger partial charge on any atom is 0.225 e. The summed E-state index contributed by atoms with van der Waals surface area (Å²) in [5.41, 5.74) is 0. The largest absolute Gasteiger partial charge is 0.317 e. The quantitative estimate of drug-likeness (QED) is 0.839. The second kappa shape index (κ2) is 7.03. The van der Waals surface area contributed by atoms with Gasteiger partial charge in [-0.3, -0.25) is 4.79 Å². The van der Waals surface area contributed by atoms with Gasteiger partial charge in [0.25, 0.3) is 0 Å². The van der Waals surface area contributed by atoms with Gasteiger partial charge in [-0.05, 0) is 38.3 Å². The lowest BCUT2D eigenvalue weighted by Crippen LogP contribution is -2.28. The Morgan fingerprint density at radius 3 is 2.84 bits per heavy atom. The van der Waals surface area contributed by atoms with E-state index in [1.807, 2.05) is 0 Å². The fourth-order valence-electron chi connectivity index (χ4n) is 2.14. The molecule has 2 heterocycles. The van der Waals surface area contributed by atoms with Crippen molar-refractivity contribution in [3.05, 3.63) is 16.5 Å². The van der Waals surface area contributed by atoms with Crippen molar-refractivity contribution in [2.75, 3.05) is 18.4 Å². The molecule has 5 nitrogen and oxygen atoms in total. The molecule has 1 fully saturated rings. The van der Waals surface area contributed by atoms with Crippen LogP contribution in [0.2, 0.25) is 10.2 Å². The first kappa shape index (κ1) is 14.5. The van der Waals surface area contributed by atoms with Gasteiger partial charge in [-0.1, -0.05) is 23.2 Å². The fraction of sp³-hybridized carbons (Fsp3) is 0.583. The van der Waals surface area contributed by atoms with Crippen LogP contribution in [0.25, 0.3) is 0 Å². The minimum atomic E-state index is -0.0878. The first-order valence-corrected chi connectivity index (χ1v) is 7.09. The lowest BCUT2D eigenvalue weighted by molar-refractivity contribution is -0.116. The van der Waals surface area contributed by atoms with Crippen LogP contribution in [-0.4, -0.2) is 29.0 Å². The molecule has 7 heteroatoms. The molecule has 0 atom stereocenters. The molecule has 1 aliphatic heterocycles. The van der Waals surface area contributed by atoms with Gasteiger partial charge in [0.05, 0.1) is 0 Å². The molecule has 0 unspecified atom stereocenters. The molecule has 19 heavy (non-hydrogen) atoms. The van der Waals surface area contributed by atoms with E-state index >= 15 is 0 Å². The van der Waals surface area contributed by atoms with Crippen LogP contribution < -0.4 is 10.6 Å². The van der Waals surface area contributed by atoms with E-state index in [2.05, 4.69) is 20.6 Å². The van der Waals surface area contributed by atoms with E-state index in [4.69, 9.17) is 23.2 Å². The van der Waals surface area contributed by atoms with E-state index in [9.17, 15) is 4.79 Å². The summed E-state index contributed by atoms with van der Waals surface area (Å²) in [6.45, 7) is 2.08. The Hall–Kier alpha value is -0.910. The summed E-state index contributed by atoms with van der Waals surface area (Å²) in [4.78, 5) is 19.5. The summed E-state index contributed by atoms with van der Waals surface area (Å²) in [6.07, 6.45) is 4.91. The van der Waals surface area contributed by atoms with Gasteiger partial charge in [0, 0.05) is 6.42 Å². The van der Waals surface area contributed by atoms with Crippen LogP contribution in [0, 0.1) is 5.92 Å². The summed E-state index contributed by atoms with van der Waals surface area (Å²) in [7, 11) is 0. The van der Waals surface area contributed by atoms with Gasteiger partial charge >= 0.3 is 0 Å². The van der Waals surface area contributed by atoms with Crippen molar-refractivity contribution in [3.63, 3.8) is 0 Å². The lowest BCUT2D eigenvalue weighted by atomic mass is 9.93. The maximum absolute atomic E-state index is 11.8. The van der Waals surface area contributed by atoms with Crippen molar-refractivity contribution in [2.45, 2.75) is 25.7 Å². The van der Waals surface area contributed by atoms with E-state index in [0.717, 1.165) is 32.4 Å². The number of carbonyl (C=O) groups is 1. The zero-order valence-corrected chi connectivity index (χ0v) is 12.0. The number of halogens is 2. The van der Waals surface area contributed by atoms with Crippen LogP contribution >= 0.6 is 23.2 Å². The van der Waals surface area contributed by atoms with E-state index < -0.39 is 0 Å². The molecule has 2 rings (SSSR count). The topological polar surface area (TPSA) is 66.9 Å². The molecule has 0 saturated carbocycles. The number of piperidine rings is 1. The van der Waals surface area contributed by atoms with Gasteiger partial charge in [0.1, 0.15) is 11.3 Å². The van der Waals surface area contributed by atoms with Crippen molar-refractivity contribution in [2.24, 2.45) is 5.92 Å². The van der Waals surface area contributed by atoms with Crippen LogP contribution in [0.1, 0.15) is 25.7 Å². The number of rotatable bonds is 4. The number of carbonyl (C=O) groups excluding carboxylic acids is 1. The molecule has 0 radical (unpaired) electrons. The molecule has 0 bridgehead atoms. The molecule has 1 aromatic heterocycles. The van der Waals surface area contributed by atoms with E-state index in [0.29, 0.717) is 12.3 Å². The average molecular weight is 303 g/mol. The number of nitrogens with zero attached hydrogens (tertiary/aromatic N) is 2. The average Bonchev–Trinajstić information content (AvgIpc) is 2.43. The highest BCUT2D eigenvalue weighted by Crippen LogP contribution is 2.25. The van der Waals surface area contributed by atoms with E-state index in [1.54, 1.807) is 0 Å². The molecular formula is C12H16Cl2N4O. The van der Waals surface area contributed by atoms with E-state index in [-0.39, 0.29) is 21.9 Å². The Kier molecular flexibility index (Phi) is 5.36. The minimum absolute atomic E-state index is 0.0878. The first-order valence-electron chi connectivity index (χ1n) is 6.33. The zero-order valence-electron chi connectivity index (χ0n) is 10.5. The van der Waals surface area contributed by atoms with Crippen LogP contribution in [-0.2, 0) is 4.79 Å². The number of amides is 1. The monoisotopic (exact) mass is 302 g/mol. The highest BCUT2D eigenvalue weighted by Gasteiger charge is 2.16. The van der Waals surface area contributed by atoms with Crippen molar-refractivity contribution in [1.29, 1.82) is 0 Å². The second-order valence-electron chi connectivity index (χ2n) is 4.61. The number of anilines is 1. The zero-order chi connectivity index (χ0) is 13.7. The van der Waals surface area contributed by atoms with Gasteiger partial charge < -0.3 is 10.6 Å². The van der Waals surface area contributed by atoms with Crippen LogP contribution in [0.3, 0.4) is 0 Å². The Morgan fingerprint density at radius 2 is 2.11 bits per heavy atom. The highest BCUT2D eigenvalue weighted by molar-refractivity contribution is 6.42. The fourth-order valence-corrected chi connectivity index (χ4v) is 2.41. The first-order chi connectivity index (χ1) is 9.16. The number of hydrogen-bond acceptors (Lipinski definition) is 4. The van der Waals surface area contributed by atoms with Gasteiger partial charge in [0.15, 0.2) is 11.0 Å². The molecule has 0 spiro atoms. The van der Waals surface area contributed by atoms with Gasteiger partial charge in [-0.2, -0.15) is 0 Å². The number of aromatic nitrogens is 2. The summed E-state index contributed by atoms with van der Waals surface area (Å²) < 4.78 is 0. The van der Waals surface area contributed by atoms with Crippen molar-refractivity contribution in [1.82, 2.24) is 15.3 Å². The molecular weight excluding hydrogens is 287 g/mol. The summed E-state index contributed by atoms with van der Waals surface area (Å²) in [5, 5.41) is 6.30. The Labute approximate surface area is 122 Å². The lowest BCUT2D eigenvalue weighted by Gasteiger charge is -2.22. The second-order valence-corrected chi connectivity index (χ2v) is 5.34. The summed E-state index contributed by atoms with van der Waals surface area (Å²) in [6, 6.07) is 0.